The fourth-order valence-electron chi connectivity index (χ4n) is 7.91. The molecule has 4 aliphatic heterocycles. The van der Waals surface area contributed by atoms with Crippen molar-refractivity contribution in [3.05, 3.63) is 137 Å². The zero-order valence-corrected chi connectivity index (χ0v) is 43.3. The number of carboxylic acids is 1. The zero-order valence-electron chi connectivity index (χ0n) is 39.4. The number of nitrogens with zero attached hydrogens (tertiary/aromatic N) is 5. The number of alkyl halides is 6. The predicted molar refractivity (Wildman–Crippen MR) is 262 cm³/mol. The van der Waals surface area contributed by atoms with E-state index in [1.807, 2.05) is 6.92 Å². The Balaban J connectivity index is 0.000000230. The molecule has 0 bridgehead atoms. The van der Waals surface area contributed by atoms with E-state index in [2.05, 4.69) is 15.6 Å². The minimum Gasteiger partial charge on any atom is -0.478 e. The first-order valence-corrected chi connectivity index (χ1v) is 23.4. The number of hydrogen-bond donors (Lipinski definition) is 2. The third-order valence-corrected chi connectivity index (χ3v) is 13.2. The second-order valence-corrected chi connectivity index (χ2v) is 19.3. The Labute approximate surface area is 444 Å². The molecule has 2 unspecified atom stereocenters. The van der Waals surface area contributed by atoms with Gasteiger partial charge in [0.05, 0.1) is 69.8 Å². The van der Waals surface area contributed by atoms with Crippen molar-refractivity contribution in [1.82, 2.24) is 20.0 Å². The molecule has 8 rings (SSSR count). The Morgan fingerprint density at radius 2 is 1.11 bits per heavy atom. The van der Waals surface area contributed by atoms with Crippen LogP contribution in [0.2, 0.25) is 20.1 Å². The largest absolute Gasteiger partial charge is 0.478 e. The van der Waals surface area contributed by atoms with E-state index in [9.17, 15) is 54.3 Å². The lowest BCUT2D eigenvalue weighted by Gasteiger charge is -2.22. The minimum absolute atomic E-state index is 0. The van der Waals surface area contributed by atoms with Gasteiger partial charge >= 0.3 is 18.3 Å². The van der Waals surface area contributed by atoms with Crippen molar-refractivity contribution >= 4 is 93.9 Å². The number of carboxylic acid groups (broad SMARTS) is 1. The molecule has 13 nitrogen and oxygen atoms in total. The van der Waals surface area contributed by atoms with Crippen LogP contribution < -0.4 is 5.32 Å². The highest BCUT2D eigenvalue weighted by molar-refractivity contribution is 6.35. The maximum atomic E-state index is 13.8. The zero-order chi connectivity index (χ0) is 54.0. The lowest BCUT2D eigenvalue weighted by molar-refractivity contribution is -0.144. The van der Waals surface area contributed by atoms with E-state index >= 15 is 0 Å². The van der Waals surface area contributed by atoms with Crippen molar-refractivity contribution in [2.45, 2.75) is 76.9 Å². The lowest BCUT2D eigenvalue weighted by Crippen LogP contribution is -2.33. The molecule has 2 saturated heterocycles. The van der Waals surface area contributed by atoms with Crippen LogP contribution in [0.4, 0.5) is 35.1 Å². The first kappa shape index (κ1) is 59.4. The molecule has 0 spiro atoms. The van der Waals surface area contributed by atoms with Crippen LogP contribution in [0, 0.1) is 25.5 Å². The molecule has 2 atom stereocenters. The molecule has 74 heavy (non-hydrogen) atoms. The quantitative estimate of drug-likeness (QED) is 0.118. The van der Waals surface area contributed by atoms with E-state index in [0.717, 1.165) is 15.4 Å². The number of aryl methyl sites for hydroxylation is 2. The molecule has 0 aliphatic carbocycles. The number of benzene rings is 4. The first-order valence-electron chi connectivity index (χ1n) is 21.9. The van der Waals surface area contributed by atoms with Crippen LogP contribution in [0.1, 0.15) is 93.6 Å². The van der Waals surface area contributed by atoms with E-state index in [-0.39, 0.29) is 76.9 Å². The number of rotatable bonds is 10. The third kappa shape index (κ3) is 14.5. The maximum Gasteiger partial charge on any atom is 0.390 e. The van der Waals surface area contributed by atoms with E-state index in [1.54, 1.807) is 51.1 Å². The average molecular weight is 1150 g/mol. The Kier molecular flexibility index (Phi) is 19.0. The third-order valence-electron chi connectivity index (χ3n) is 12.1. The Bertz CT molecular complexity index is 2850. The van der Waals surface area contributed by atoms with Gasteiger partial charge in [-0.25, -0.2) is 13.6 Å². The summed E-state index contributed by atoms with van der Waals surface area (Å²) in [6, 6.07) is 15.8. The number of aromatic carboxylic acids is 1. The van der Waals surface area contributed by atoms with E-state index in [0.29, 0.717) is 57.6 Å². The summed E-state index contributed by atoms with van der Waals surface area (Å²) in [5.74, 6) is -3.61. The molecule has 400 valence electrons. The van der Waals surface area contributed by atoms with Crippen molar-refractivity contribution in [2.24, 2.45) is 10.3 Å². The number of amides is 3. The molecular formula is C48H45Cl5F8N6O7. The molecule has 4 heterocycles. The molecule has 4 aliphatic rings. The van der Waals surface area contributed by atoms with Gasteiger partial charge in [0.2, 0.25) is 11.8 Å². The van der Waals surface area contributed by atoms with Crippen molar-refractivity contribution in [3.8, 4) is 0 Å². The summed E-state index contributed by atoms with van der Waals surface area (Å²) in [6.45, 7) is 6.18. The highest BCUT2D eigenvalue weighted by atomic mass is 35.5. The summed E-state index contributed by atoms with van der Waals surface area (Å²) in [6.07, 6.45) is -9.89. The van der Waals surface area contributed by atoms with E-state index < -0.39 is 72.4 Å². The molecule has 0 aromatic heterocycles. The topological polar surface area (TPSA) is 153 Å². The van der Waals surface area contributed by atoms with Gasteiger partial charge in [-0.3, -0.25) is 19.7 Å². The molecule has 4 aromatic carbocycles. The molecular weight excluding hydrogens is 1100 g/mol. The van der Waals surface area contributed by atoms with Crippen molar-refractivity contribution in [2.75, 3.05) is 39.5 Å². The summed E-state index contributed by atoms with van der Waals surface area (Å²) >= 11 is 23.6. The number of carbonyl (C=O) groups is 4. The van der Waals surface area contributed by atoms with Gasteiger partial charge in [-0.05, 0) is 98.5 Å². The smallest absolute Gasteiger partial charge is 0.390 e. The molecule has 3 amide bonds. The van der Waals surface area contributed by atoms with Gasteiger partial charge in [-0.15, -0.1) is 12.4 Å². The maximum absolute atomic E-state index is 13.8. The minimum atomic E-state index is -4.39. The van der Waals surface area contributed by atoms with Crippen LogP contribution in [0.25, 0.3) is 0 Å². The second kappa shape index (κ2) is 23.6. The summed E-state index contributed by atoms with van der Waals surface area (Å²) in [4.78, 5) is 61.6. The SMILES string of the molecule is Cc1cc(C2=NOC(C)(c3cc(Cl)c(F)c(Cl)c3)C2)ccc1C(=O)N1CC(=O)N(CCC(F)(F)F)C1.Cc1cc(C2=NOC(C)(c3cc(Cl)c(F)c(Cl)c3)C2)ccc1C(=O)O.Cl.O=C1CNCN1CCC(F)(F)F. The number of nitrogens with one attached hydrogen (secondary N) is 1. The molecule has 26 heteroatoms. The summed E-state index contributed by atoms with van der Waals surface area (Å²) in [5, 5.41) is 19.6. The fourth-order valence-corrected chi connectivity index (χ4v) is 8.89. The number of halogens is 13. The number of hydrogen-bond acceptors (Lipinski definition) is 9. The average Bonchev–Trinajstić information content (AvgIpc) is 4.12. The monoisotopic (exact) mass is 1140 g/mol. The second-order valence-electron chi connectivity index (χ2n) is 17.7. The van der Waals surface area contributed by atoms with Crippen molar-refractivity contribution in [3.63, 3.8) is 0 Å². The molecule has 0 saturated carbocycles. The van der Waals surface area contributed by atoms with Gasteiger partial charge in [0.15, 0.2) is 22.8 Å². The Morgan fingerprint density at radius 3 is 1.49 bits per heavy atom. The molecule has 0 radical (unpaired) electrons. The molecule has 2 fully saturated rings. The highest BCUT2D eigenvalue weighted by Gasteiger charge is 2.40. The van der Waals surface area contributed by atoms with Crippen LogP contribution in [-0.2, 0) is 30.5 Å². The summed E-state index contributed by atoms with van der Waals surface area (Å²) in [7, 11) is 0. The standard InChI is InChI=1S/C24H21Cl2F4N3O3.C18H14Cl2FNO3.C6H9F3N2O.ClH/c1-13-7-14(19-10-23(2,36-31-19)15-8-17(25)21(27)18(26)9-15)3-4-16(13)22(35)33-11-20(34)32(12-33)6-5-24(28,29)30;1-9-5-10(3-4-12(9)17(23)24)15-8-18(2,25-22-15)11-6-13(19)16(21)14(20)7-11;7-6(8,9)1-2-11-4-10-3-5(11)12;/h3-4,7-9H,5-6,10-12H2,1-2H3;3-7H,8H2,1-2H3,(H,23,24);10H,1-4H2;1H. The van der Waals surface area contributed by atoms with E-state index in [1.165, 1.54) is 35.2 Å². The van der Waals surface area contributed by atoms with Gasteiger partial charge in [0, 0.05) is 42.6 Å². The van der Waals surface area contributed by atoms with Crippen LogP contribution in [0.15, 0.2) is 71.0 Å². The molecule has 2 N–H and O–H groups in total. The van der Waals surface area contributed by atoms with Gasteiger partial charge in [-0.1, -0.05) is 68.8 Å². The number of oxime groups is 2. The fraction of sp³-hybridized carbons (Fsp3) is 0.375. The predicted octanol–water partition coefficient (Wildman–Crippen LogP) is 11.6. The Hall–Kier alpha value is -5.45. The van der Waals surface area contributed by atoms with Crippen LogP contribution in [-0.4, -0.2) is 107 Å². The van der Waals surface area contributed by atoms with Crippen molar-refractivity contribution < 1.29 is 69.1 Å². The van der Waals surface area contributed by atoms with Gasteiger partial charge < -0.3 is 29.5 Å². The summed E-state index contributed by atoms with van der Waals surface area (Å²) in [5.41, 5.74) is 3.90. The first-order chi connectivity index (χ1) is 34.0. The Morgan fingerprint density at radius 1 is 0.689 bits per heavy atom. The van der Waals surface area contributed by atoms with Crippen molar-refractivity contribution in [1.29, 1.82) is 0 Å². The van der Waals surface area contributed by atoms with Crippen LogP contribution in [0.5, 0.6) is 0 Å². The normalized spacial score (nSPS) is 19.4. The number of carbonyl (C=O) groups excluding carboxylic acids is 3. The van der Waals surface area contributed by atoms with E-state index in [4.69, 9.17) is 61.2 Å². The highest BCUT2D eigenvalue weighted by Crippen LogP contribution is 2.41. The van der Waals surface area contributed by atoms with Crippen LogP contribution >= 0.6 is 58.8 Å². The van der Waals surface area contributed by atoms with Gasteiger partial charge in [-0.2, -0.15) is 26.3 Å². The lowest BCUT2D eigenvalue weighted by atomic mass is 9.88. The summed E-state index contributed by atoms with van der Waals surface area (Å²) < 4.78 is 100. The van der Waals surface area contributed by atoms with Crippen LogP contribution in [0.3, 0.4) is 0 Å². The van der Waals surface area contributed by atoms with Gasteiger partial charge in [0.25, 0.3) is 5.91 Å². The molecule has 4 aromatic rings. The van der Waals surface area contributed by atoms with Gasteiger partial charge in [0.1, 0.15) is 6.54 Å².